The molecule has 6 heteroatoms. The minimum atomic E-state index is -0.215. The van der Waals surface area contributed by atoms with E-state index >= 15 is 0 Å². The Labute approximate surface area is 140 Å². The van der Waals surface area contributed by atoms with Gasteiger partial charge in [0.15, 0.2) is 0 Å². The second-order valence-electron chi connectivity index (χ2n) is 5.73. The van der Waals surface area contributed by atoms with E-state index in [-0.39, 0.29) is 24.5 Å². The Kier molecular flexibility index (Phi) is 6.12. The van der Waals surface area contributed by atoms with Crippen LogP contribution in [0.1, 0.15) is 31.3 Å². The number of aliphatic hydroxyl groups is 1. The summed E-state index contributed by atoms with van der Waals surface area (Å²) >= 11 is 1.43. The second kappa shape index (κ2) is 8.08. The third kappa shape index (κ3) is 5.04. The summed E-state index contributed by atoms with van der Waals surface area (Å²) in [7, 11) is 0. The van der Waals surface area contributed by atoms with Gasteiger partial charge in [-0.15, -0.1) is 11.3 Å². The molecule has 1 heterocycles. The average molecular weight is 334 g/mol. The van der Waals surface area contributed by atoms with Crippen LogP contribution in [0.3, 0.4) is 0 Å². The third-order valence-electron chi connectivity index (χ3n) is 3.13. The molecule has 0 saturated heterocycles. The summed E-state index contributed by atoms with van der Waals surface area (Å²) in [5.41, 5.74) is 1.35. The number of ether oxygens (including phenoxy) is 1. The SMILES string of the molecule is CC(CO)CNC(=O)c1csc(-c2ccc(OC(C)C)cc2)n1. The number of benzene rings is 1. The van der Waals surface area contributed by atoms with Gasteiger partial charge in [-0.1, -0.05) is 6.92 Å². The Bertz CT molecular complexity index is 638. The molecule has 1 atom stereocenters. The van der Waals surface area contributed by atoms with Crippen molar-refractivity contribution in [3.05, 3.63) is 35.3 Å². The van der Waals surface area contributed by atoms with Crippen molar-refractivity contribution in [1.29, 1.82) is 0 Å². The van der Waals surface area contributed by atoms with Crippen molar-refractivity contribution in [3.8, 4) is 16.3 Å². The van der Waals surface area contributed by atoms with Crippen molar-refractivity contribution in [2.24, 2.45) is 5.92 Å². The topological polar surface area (TPSA) is 71.5 Å². The summed E-state index contributed by atoms with van der Waals surface area (Å²) in [4.78, 5) is 16.4. The maximum atomic E-state index is 12.0. The van der Waals surface area contributed by atoms with E-state index in [1.807, 2.05) is 45.0 Å². The summed E-state index contributed by atoms with van der Waals surface area (Å²) in [6.45, 7) is 6.32. The maximum Gasteiger partial charge on any atom is 0.270 e. The normalized spacial score (nSPS) is 12.2. The monoisotopic (exact) mass is 334 g/mol. The minimum absolute atomic E-state index is 0.0329. The zero-order valence-corrected chi connectivity index (χ0v) is 14.4. The van der Waals surface area contributed by atoms with Gasteiger partial charge in [-0.2, -0.15) is 0 Å². The van der Waals surface area contributed by atoms with Crippen LogP contribution in [0.25, 0.3) is 10.6 Å². The molecule has 0 saturated carbocycles. The van der Waals surface area contributed by atoms with Crippen molar-refractivity contribution in [2.45, 2.75) is 26.9 Å². The van der Waals surface area contributed by atoms with Crippen molar-refractivity contribution in [3.63, 3.8) is 0 Å². The van der Waals surface area contributed by atoms with E-state index in [0.717, 1.165) is 16.3 Å². The second-order valence-corrected chi connectivity index (χ2v) is 6.58. The van der Waals surface area contributed by atoms with Crippen molar-refractivity contribution in [2.75, 3.05) is 13.2 Å². The average Bonchev–Trinajstić information content (AvgIpc) is 3.02. The fourth-order valence-electron chi connectivity index (χ4n) is 1.88. The van der Waals surface area contributed by atoms with Crippen LogP contribution in [0, 0.1) is 5.92 Å². The molecule has 0 radical (unpaired) electrons. The molecule has 124 valence electrons. The number of hydrogen-bond acceptors (Lipinski definition) is 5. The van der Waals surface area contributed by atoms with Crippen molar-refractivity contribution >= 4 is 17.2 Å². The van der Waals surface area contributed by atoms with Gasteiger partial charge in [-0.3, -0.25) is 4.79 Å². The molecule has 0 aliphatic heterocycles. The fourth-order valence-corrected chi connectivity index (χ4v) is 2.69. The molecule has 1 unspecified atom stereocenters. The summed E-state index contributed by atoms with van der Waals surface area (Å²) in [6, 6.07) is 7.68. The highest BCUT2D eigenvalue weighted by molar-refractivity contribution is 7.13. The van der Waals surface area contributed by atoms with Gasteiger partial charge in [0.05, 0.1) is 6.10 Å². The van der Waals surface area contributed by atoms with Gasteiger partial charge in [0.25, 0.3) is 5.91 Å². The van der Waals surface area contributed by atoms with Gasteiger partial charge in [0.1, 0.15) is 16.5 Å². The van der Waals surface area contributed by atoms with Crippen LogP contribution in [0.4, 0.5) is 0 Å². The van der Waals surface area contributed by atoms with E-state index in [1.54, 1.807) is 5.38 Å². The molecule has 0 bridgehead atoms. The number of thiazole rings is 1. The first kappa shape index (κ1) is 17.4. The zero-order valence-electron chi connectivity index (χ0n) is 13.6. The van der Waals surface area contributed by atoms with E-state index in [9.17, 15) is 4.79 Å². The van der Waals surface area contributed by atoms with Crippen LogP contribution >= 0.6 is 11.3 Å². The molecule has 2 rings (SSSR count). The number of aromatic nitrogens is 1. The number of hydrogen-bond donors (Lipinski definition) is 2. The quantitative estimate of drug-likeness (QED) is 0.816. The number of amides is 1. The minimum Gasteiger partial charge on any atom is -0.491 e. The Balaban J connectivity index is 2.02. The largest absolute Gasteiger partial charge is 0.491 e. The first-order valence-corrected chi connectivity index (χ1v) is 8.49. The lowest BCUT2D eigenvalue weighted by atomic mass is 10.2. The van der Waals surface area contributed by atoms with Gasteiger partial charge in [-0.25, -0.2) is 4.98 Å². The van der Waals surface area contributed by atoms with Crippen molar-refractivity contribution in [1.82, 2.24) is 10.3 Å². The Morgan fingerprint density at radius 2 is 2.00 bits per heavy atom. The van der Waals surface area contributed by atoms with Gasteiger partial charge in [0, 0.05) is 24.1 Å². The van der Waals surface area contributed by atoms with Crippen LogP contribution < -0.4 is 10.1 Å². The van der Waals surface area contributed by atoms with Gasteiger partial charge < -0.3 is 15.2 Å². The molecule has 0 aliphatic rings. The van der Waals surface area contributed by atoms with Gasteiger partial charge >= 0.3 is 0 Å². The smallest absolute Gasteiger partial charge is 0.270 e. The molecule has 1 aromatic heterocycles. The van der Waals surface area contributed by atoms with Crippen molar-refractivity contribution < 1.29 is 14.6 Å². The highest BCUT2D eigenvalue weighted by Crippen LogP contribution is 2.26. The maximum absolute atomic E-state index is 12.0. The highest BCUT2D eigenvalue weighted by Gasteiger charge is 2.12. The fraction of sp³-hybridized carbons (Fsp3) is 0.412. The lowest BCUT2D eigenvalue weighted by molar-refractivity contribution is 0.0938. The Morgan fingerprint density at radius 3 is 2.61 bits per heavy atom. The van der Waals surface area contributed by atoms with Crippen LogP contribution in [-0.2, 0) is 0 Å². The first-order chi connectivity index (χ1) is 11.0. The lowest BCUT2D eigenvalue weighted by Gasteiger charge is -2.09. The van der Waals surface area contributed by atoms with Gasteiger partial charge in [0.2, 0.25) is 0 Å². The molecule has 1 amide bonds. The molecule has 1 aromatic carbocycles. The Morgan fingerprint density at radius 1 is 1.30 bits per heavy atom. The van der Waals surface area contributed by atoms with Crippen LogP contribution in [0.15, 0.2) is 29.6 Å². The molecular formula is C17H22N2O3S. The molecule has 2 N–H and O–H groups in total. The highest BCUT2D eigenvalue weighted by atomic mass is 32.1. The molecular weight excluding hydrogens is 312 g/mol. The van der Waals surface area contributed by atoms with Crippen LogP contribution in [0.2, 0.25) is 0 Å². The summed E-state index contributed by atoms with van der Waals surface area (Å²) in [5, 5.41) is 14.3. The van der Waals surface area contributed by atoms with Gasteiger partial charge in [-0.05, 0) is 44.0 Å². The molecule has 2 aromatic rings. The standard InChI is InChI=1S/C17H22N2O3S/c1-11(2)22-14-6-4-13(5-7-14)17-19-15(10-23-17)16(21)18-8-12(3)9-20/h4-7,10-12,20H,8-9H2,1-3H3,(H,18,21). The first-order valence-electron chi connectivity index (χ1n) is 7.61. The molecule has 5 nitrogen and oxygen atoms in total. The van der Waals surface area contributed by atoms with E-state index < -0.39 is 0 Å². The molecule has 0 fully saturated rings. The van der Waals surface area contributed by atoms with E-state index in [1.165, 1.54) is 11.3 Å². The van der Waals surface area contributed by atoms with E-state index in [4.69, 9.17) is 9.84 Å². The number of aliphatic hydroxyl groups excluding tert-OH is 1. The molecule has 0 aliphatic carbocycles. The predicted molar refractivity (Wildman–Crippen MR) is 91.9 cm³/mol. The number of rotatable bonds is 7. The molecule has 0 spiro atoms. The number of nitrogens with zero attached hydrogens (tertiary/aromatic N) is 1. The summed E-state index contributed by atoms with van der Waals surface area (Å²) < 4.78 is 5.61. The van der Waals surface area contributed by atoms with Crippen LogP contribution in [-0.4, -0.2) is 35.3 Å². The van der Waals surface area contributed by atoms with Crippen LogP contribution in [0.5, 0.6) is 5.75 Å². The number of carbonyl (C=O) groups excluding carboxylic acids is 1. The predicted octanol–water partition coefficient (Wildman–Crippen LogP) is 2.96. The summed E-state index contributed by atoms with van der Waals surface area (Å²) in [5.74, 6) is 0.634. The number of nitrogens with one attached hydrogen (secondary N) is 1. The summed E-state index contributed by atoms with van der Waals surface area (Å²) in [6.07, 6.45) is 0.136. The third-order valence-corrected chi connectivity index (χ3v) is 4.02. The Hall–Kier alpha value is -1.92. The number of carbonyl (C=O) groups is 1. The zero-order chi connectivity index (χ0) is 16.8. The van der Waals surface area contributed by atoms with E-state index in [0.29, 0.717) is 12.2 Å². The lowest BCUT2D eigenvalue weighted by Crippen LogP contribution is -2.29. The van der Waals surface area contributed by atoms with E-state index in [2.05, 4.69) is 10.3 Å². The molecule has 23 heavy (non-hydrogen) atoms.